The summed E-state index contributed by atoms with van der Waals surface area (Å²) in [5.74, 6) is -1.12. The zero-order valence-corrected chi connectivity index (χ0v) is 13.4. The maximum Gasteiger partial charge on any atom is 0.103 e. The Labute approximate surface area is 137 Å². The second-order valence-corrected chi connectivity index (χ2v) is 6.24. The maximum absolute atomic E-state index is 10.8. The van der Waals surface area contributed by atoms with Crippen molar-refractivity contribution in [1.29, 1.82) is 0 Å². The second kappa shape index (κ2) is 6.84. The minimum Gasteiger partial charge on any atom is -0.545 e. The molecule has 2 aromatic carbocycles. The van der Waals surface area contributed by atoms with Crippen LogP contribution in [0.4, 0.5) is 5.69 Å². The maximum atomic E-state index is 10.8. The molecule has 1 aliphatic rings. The van der Waals surface area contributed by atoms with Gasteiger partial charge >= 0.3 is 0 Å². The second-order valence-electron chi connectivity index (χ2n) is 6.24. The van der Waals surface area contributed by atoms with Crippen LogP contribution in [0.15, 0.2) is 48.5 Å². The van der Waals surface area contributed by atoms with Crippen LogP contribution < -0.4 is 14.9 Å². The number of aromatic carboxylic acids is 1. The summed E-state index contributed by atoms with van der Waals surface area (Å²) in [6.45, 7) is 7.37. The zero-order chi connectivity index (χ0) is 16.2. The van der Waals surface area contributed by atoms with Gasteiger partial charge in [0.2, 0.25) is 0 Å². The molecule has 0 radical (unpaired) electrons. The molecule has 1 saturated heterocycles. The first-order valence-electron chi connectivity index (χ1n) is 8.07. The molecule has 0 spiro atoms. The molecule has 3 rings (SSSR count). The molecular formula is C19H22N2O2. The Morgan fingerprint density at radius 1 is 1.13 bits per heavy atom. The number of carbonyl (C=O) groups is 1. The van der Waals surface area contributed by atoms with Gasteiger partial charge in [0, 0.05) is 11.3 Å². The summed E-state index contributed by atoms with van der Waals surface area (Å²) in [5.41, 5.74) is 4.03. The molecule has 23 heavy (non-hydrogen) atoms. The standard InChI is InChI=1S/C19H22N2O2/c1-15-3-2-4-16(13-15)14-20-9-11-21(12-10-20)18-7-5-17(6-8-18)19(22)23/h2-8,13H,9-12,14H2,1H3,(H,22,23). The molecule has 0 saturated carbocycles. The molecule has 0 bridgehead atoms. The quantitative estimate of drug-likeness (QED) is 0.881. The molecular weight excluding hydrogens is 288 g/mol. The zero-order valence-electron chi connectivity index (χ0n) is 13.4. The van der Waals surface area contributed by atoms with E-state index in [1.807, 2.05) is 12.1 Å². The Bertz CT molecular complexity index is 674. The van der Waals surface area contributed by atoms with E-state index in [0.29, 0.717) is 0 Å². The number of nitrogens with one attached hydrogen (secondary N) is 1. The number of hydrogen-bond acceptors (Lipinski definition) is 3. The van der Waals surface area contributed by atoms with E-state index in [1.165, 1.54) is 11.1 Å². The fraction of sp³-hybridized carbons (Fsp3) is 0.316. The summed E-state index contributed by atoms with van der Waals surface area (Å²) >= 11 is 0. The first kappa shape index (κ1) is 15.6. The third kappa shape index (κ3) is 3.90. The fourth-order valence-electron chi connectivity index (χ4n) is 3.18. The lowest BCUT2D eigenvalue weighted by Gasteiger charge is -2.33. The minimum atomic E-state index is -1.12. The number of carboxylic acid groups (broad SMARTS) is 1. The fourth-order valence-corrected chi connectivity index (χ4v) is 3.18. The van der Waals surface area contributed by atoms with Crippen LogP contribution in [0.1, 0.15) is 21.5 Å². The van der Waals surface area contributed by atoms with Crippen LogP contribution in [-0.4, -0.2) is 32.1 Å². The van der Waals surface area contributed by atoms with Gasteiger partial charge in [-0.1, -0.05) is 42.0 Å². The summed E-state index contributed by atoms with van der Waals surface area (Å²) in [6, 6.07) is 15.7. The molecule has 0 amide bonds. The van der Waals surface area contributed by atoms with E-state index in [0.717, 1.165) is 38.4 Å². The van der Waals surface area contributed by atoms with Gasteiger partial charge in [0.15, 0.2) is 0 Å². The van der Waals surface area contributed by atoms with Gasteiger partial charge in [-0.2, -0.15) is 0 Å². The SMILES string of the molecule is Cc1cccc(C[NH+]2CCN(c3ccc(C(=O)[O-])cc3)CC2)c1. The van der Waals surface area contributed by atoms with Crippen molar-refractivity contribution in [3.05, 3.63) is 65.2 Å². The highest BCUT2D eigenvalue weighted by Crippen LogP contribution is 2.15. The molecule has 1 N–H and O–H groups in total. The van der Waals surface area contributed by atoms with Crippen LogP contribution in [-0.2, 0) is 6.54 Å². The number of hydrogen-bond donors (Lipinski definition) is 1. The Hall–Kier alpha value is -2.33. The summed E-state index contributed by atoms with van der Waals surface area (Å²) in [4.78, 5) is 14.7. The normalized spacial score (nSPS) is 15.6. The van der Waals surface area contributed by atoms with Gasteiger partial charge in [-0.05, 0) is 24.6 Å². The lowest BCUT2D eigenvalue weighted by Crippen LogP contribution is -3.13. The number of piperazine rings is 1. The summed E-state index contributed by atoms with van der Waals surface area (Å²) in [6.07, 6.45) is 0. The van der Waals surface area contributed by atoms with E-state index in [1.54, 1.807) is 17.0 Å². The predicted octanol–water partition coefficient (Wildman–Crippen LogP) is 0.264. The van der Waals surface area contributed by atoms with Crippen molar-refractivity contribution in [2.75, 3.05) is 31.1 Å². The van der Waals surface area contributed by atoms with Crippen LogP contribution >= 0.6 is 0 Å². The number of rotatable bonds is 4. The van der Waals surface area contributed by atoms with Crippen molar-refractivity contribution >= 4 is 11.7 Å². The van der Waals surface area contributed by atoms with Crippen LogP contribution in [0.25, 0.3) is 0 Å². The Morgan fingerprint density at radius 3 is 2.43 bits per heavy atom. The molecule has 1 aliphatic heterocycles. The van der Waals surface area contributed by atoms with E-state index >= 15 is 0 Å². The summed E-state index contributed by atoms with van der Waals surface area (Å²) < 4.78 is 0. The Morgan fingerprint density at radius 2 is 1.83 bits per heavy atom. The molecule has 0 aliphatic carbocycles. The van der Waals surface area contributed by atoms with Crippen LogP contribution in [0.2, 0.25) is 0 Å². The molecule has 4 nitrogen and oxygen atoms in total. The third-order valence-corrected chi connectivity index (χ3v) is 4.48. The average molecular weight is 310 g/mol. The first-order valence-corrected chi connectivity index (χ1v) is 8.07. The van der Waals surface area contributed by atoms with E-state index in [4.69, 9.17) is 0 Å². The number of carbonyl (C=O) groups excluding carboxylic acids is 1. The number of anilines is 1. The summed E-state index contributed by atoms with van der Waals surface area (Å²) in [5, 5.41) is 10.8. The van der Waals surface area contributed by atoms with Gasteiger partial charge in [-0.3, -0.25) is 0 Å². The van der Waals surface area contributed by atoms with E-state index in [9.17, 15) is 9.90 Å². The topological polar surface area (TPSA) is 47.8 Å². The molecule has 4 heteroatoms. The smallest absolute Gasteiger partial charge is 0.103 e. The predicted molar refractivity (Wildman–Crippen MR) is 88.6 cm³/mol. The van der Waals surface area contributed by atoms with Gasteiger partial charge in [0.1, 0.15) is 6.54 Å². The molecule has 0 aromatic heterocycles. The number of quaternary nitrogens is 1. The van der Waals surface area contributed by atoms with Crippen molar-refractivity contribution in [3.63, 3.8) is 0 Å². The number of aryl methyl sites for hydroxylation is 1. The van der Waals surface area contributed by atoms with Gasteiger partial charge in [0.05, 0.1) is 32.1 Å². The van der Waals surface area contributed by atoms with E-state index in [-0.39, 0.29) is 5.56 Å². The van der Waals surface area contributed by atoms with Gasteiger partial charge in [-0.15, -0.1) is 0 Å². The highest BCUT2D eigenvalue weighted by molar-refractivity contribution is 5.86. The van der Waals surface area contributed by atoms with Crippen LogP contribution in [0, 0.1) is 6.92 Å². The van der Waals surface area contributed by atoms with Crippen LogP contribution in [0.3, 0.4) is 0 Å². The molecule has 1 heterocycles. The van der Waals surface area contributed by atoms with Crippen LogP contribution in [0.5, 0.6) is 0 Å². The molecule has 0 atom stereocenters. The molecule has 120 valence electrons. The van der Waals surface area contributed by atoms with Crippen molar-refractivity contribution in [2.45, 2.75) is 13.5 Å². The van der Waals surface area contributed by atoms with Gasteiger partial charge in [-0.25, -0.2) is 0 Å². The van der Waals surface area contributed by atoms with Crippen molar-refractivity contribution in [1.82, 2.24) is 0 Å². The molecule has 1 fully saturated rings. The molecule has 0 unspecified atom stereocenters. The number of carboxylic acids is 1. The first-order chi connectivity index (χ1) is 11.1. The highest BCUT2D eigenvalue weighted by atomic mass is 16.4. The van der Waals surface area contributed by atoms with Gasteiger partial charge < -0.3 is 19.7 Å². The Kier molecular flexibility index (Phi) is 4.63. The summed E-state index contributed by atoms with van der Waals surface area (Å²) in [7, 11) is 0. The van der Waals surface area contributed by atoms with Crippen molar-refractivity contribution in [2.24, 2.45) is 0 Å². The Balaban J connectivity index is 1.56. The number of nitrogens with zero attached hydrogens (tertiary/aromatic N) is 1. The minimum absolute atomic E-state index is 0.234. The van der Waals surface area contributed by atoms with Crippen molar-refractivity contribution in [3.8, 4) is 0 Å². The van der Waals surface area contributed by atoms with Crippen molar-refractivity contribution < 1.29 is 14.8 Å². The average Bonchev–Trinajstić information content (AvgIpc) is 2.56. The largest absolute Gasteiger partial charge is 0.545 e. The molecule has 2 aromatic rings. The highest BCUT2D eigenvalue weighted by Gasteiger charge is 2.20. The van der Waals surface area contributed by atoms with E-state index < -0.39 is 5.97 Å². The van der Waals surface area contributed by atoms with Gasteiger partial charge in [0.25, 0.3) is 0 Å². The third-order valence-electron chi connectivity index (χ3n) is 4.48. The lowest BCUT2D eigenvalue weighted by atomic mass is 10.1. The van der Waals surface area contributed by atoms with E-state index in [2.05, 4.69) is 36.1 Å². The number of benzene rings is 2. The monoisotopic (exact) mass is 310 g/mol. The lowest BCUT2D eigenvalue weighted by molar-refractivity contribution is -0.914.